The molecule has 3 N–H and O–H groups in total. The van der Waals surface area contributed by atoms with Crippen LogP contribution in [0, 0.1) is 5.82 Å². The van der Waals surface area contributed by atoms with Gasteiger partial charge in [-0.1, -0.05) is 6.92 Å². The molecule has 0 bridgehead atoms. The predicted molar refractivity (Wildman–Crippen MR) is 73.2 cm³/mol. The summed E-state index contributed by atoms with van der Waals surface area (Å²) >= 11 is 0. The number of halogens is 1. The second-order valence-corrected chi connectivity index (χ2v) is 5.95. The van der Waals surface area contributed by atoms with Crippen LogP contribution in [0.4, 0.5) is 10.1 Å². The maximum atomic E-state index is 13.6. The van der Waals surface area contributed by atoms with Crippen LogP contribution in [0.25, 0.3) is 0 Å². The summed E-state index contributed by atoms with van der Waals surface area (Å²) in [5.41, 5.74) is 5.56. The molecule has 0 aliphatic carbocycles. The van der Waals surface area contributed by atoms with Crippen LogP contribution in [0.1, 0.15) is 20.3 Å². The molecular weight excluding hydrogens is 271 g/mol. The molecule has 5 nitrogen and oxygen atoms in total. The summed E-state index contributed by atoms with van der Waals surface area (Å²) in [6, 6.07) is 3.93. The molecule has 0 heterocycles. The third kappa shape index (κ3) is 4.07. The van der Waals surface area contributed by atoms with Crippen LogP contribution >= 0.6 is 0 Å². The molecule has 1 atom stereocenters. The number of hydrogen-bond acceptors (Lipinski definition) is 4. The fourth-order valence-corrected chi connectivity index (χ4v) is 2.91. The summed E-state index contributed by atoms with van der Waals surface area (Å²) in [7, 11) is -3.60. The molecule has 0 radical (unpaired) electrons. The van der Waals surface area contributed by atoms with Crippen molar-refractivity contribution >= 4 is 15.7 Å². The van der Waals surface area contributed by atoms with Gasteiger partial charge in [-0.3, -0.25) is 4.72 Å². The Morgan fingerprint density at radius 3 is 2.58 bits per heavy atom. The molecule has 0 spiro atoms. The second-order valence-electron chi connectivity index (χ2n) is 3.99. The van der Waals surface area contributed by atoms with Crippen molar-refractivity contribution in [3.05, 3.63) is 24.0 Å². The van der Waals surface area contributed by atoms with Gasteiger partial charge in [-0.2, -0.15) is 0 Å². The van der Waals surface area contributed by atoms with Gasteiger partial charge in [0.2, 0.25) is 10.0 Å². The summed E-state index contributed by atoms with van der Waals surface area (Å²) in [6.45, 7) is 3.83. The van der Waals surface area contributed by atoms with Crippen molar-refractivity contribution in [3.8, 4) is 5.75 Å². The first-order valence-corrected chi connectivity index (χ1v) is 7.63. The lowest BCUT2D eigenvalue weighted by molar-refractivity contribution is 0.321. The van der Waals surface area contributed by atoms with E-state index in [0.29, 0.717) is 13.0 Å². The monoisotopic (exact) mass is 290 g/mol. The molecular formula is C12H19FN2O3S. The Kier molecular flexibility index (Phi) is 5.56. The van der Waals surface area contributed by atoms with Crippen molar-refractivity contribution in [2.75, 3.05) is 17.9 Å². The van der Waals surface area contributed by atoms with Crippen molar-refractivity contribution in [2.24, 2.45) is 5.73 Å². The van der Waals surface area contributed by atoms with Crippen molar-refractivity contribution in [1.29, 1.82) is 0 Å². The molecule has 19 heavy (non-hydrogen) atoms. The highest BCUT2D eigenvalue weighted by molar-refractivity contribution is 7.93. The topological polar surface area (TPSA) is 81.4 Å². The standard InChI is InChI=1S/C12H19FN2O3S/c1-3-10(8-14)19(16,17)15-9-5-6-12(18-4-2)11(13)7-9/h5-7,10,15H,3-4,8,14H2,1-2H3. The van der Waals surface area contributed by atoms with E-state index in [9.17, 15) is 12.8 Å². The van der Waals surface area contributed by atoms with E-state index in [1.165, 1.54) is 12.1 Å². The lowest BCUT2D eigenvalue weighted by Gasteiger charge is -2.16. The molecule has 0 saturated carbocycles. The third-order valence-electron chi connectivity index (χ3n) is 2.65. The third-order valence-corrected chi connectivity index (χ3v) is 4.57. The van der Waals surface area contributed by atoms with Gasteiger partial charge in [0.05, 0.1) is 17.5 Å². The normalized spacial score (nSPS) is 13.1. The maximum Gasteiger partial charge on any atom is 0.236 e. The van der Waals surface area contributed by atoms with Gasteiger partial charge in [0.15, 0.2) is 11.6 Å². The van der Waals surface area contributed by atoms with Crippen LogP contribution in [0.3, 0.4) is 0 Å². The Labute approximate surface area is 113 Å². The van der Waals surface area contributed by atoms with Crippen LogP contribution in [0.5, 0.6) is 5.75 Å². The quantitative estimate of drug-likeness (QED) is 0.801. The molecule has 7 heteroatoms. The second kappa shape index (κ2) is 6.72. The molecule has 0 aromatic heterocycles. The molecule has 1 aromatic carbocycles. The van der Waals surface area contributed by atoms with Crippen molar-refractivity contribution in [3.63, 3.8) is 0 Å². The van der Waals surface area contributed by atoms with Crippen molar-refractivity contribution in [2.45, 2.75) is 25.5 Å². The van der Waals surface area contributed by atoms with Gasteiger partial charge in [-0.05, 0) is 25.5 Å². The molecule has 1 rings (SSSR count). The van der Waals surface area contributed by atoms with E-state index >= 15 is 0 Å². The number of nitrogens with two attached hydrogens (primary N) is 1. The highest BCUT2D eigenvalue weighted by Crippen LogP contribution is 2.22. The fourth-order valence-electron chi connectivity index (χ4n) is 1.60. The SMILES string of the molecule is CCOc1ccc(NS(=O)(=O)C(CC)CN)cc1F. The molecule has 1 unspecified atom stereocenters. The molecule has 0 aliphatic heterocycles. The van der Waals surface area contributed by atoms with E-state index in [0.717, 1.165) is 6.07 Å². The highest BCUT2D eigenvalue weighted by atomic mass is 32.2. The zero-order valence-electron chi connectivity index (χ0n) is 11.0. The summed E-state index contributed by atoms with van der Waals surface area (Å²) in [4.78, 5) is 0. The summed E-state index contributed by atoms with van der Waals surface area (Å²) in [5.74, 6) is -0.515. The average Bonchev–Trinajstić information content (AvgIpc) is 2.33. The minimum Gasteiger partial charge on any atom is -0.491 e. The first-order valence-electron chi connectivity index (χ1n) is 6.08. The van der Waals surface area contributed by atoms with Gasteiger partial charge in [-0.15, -0.1) is 0 Å². The number of hydrogen-bond donors (Lipinski definition) is 2. The van der Waals surface area contributed by atoms with Crippen molar-refractivity contribution in [1.82, 2.24) is 0 Å². The molecule has 108 valence electrons. The van der Waals surface area contributed by atoms with Gasteiger partial charge in [-0.25, -0.2) is 12.8 Å². The number of rotatable bonds is 7. The Bertz CT molecular complexity index is 516. The molecule has 0 aliphatic rings. The van der Waals surface area contributed by atoms with Gasteiger partial charge in [0.25, 0.3) is 0 Å². The molecule has 0 saturated heterocycles. The highest BCUT2D eigenvalue weighted by Gasteiger charge is 2.22. The minimum atomic E-state index is -3.60. The van der Waals surface area contributed by atoms with Gasteiger partial charge in [0.1, 0.15) is 0 Å². The number of anilines is 1. The van der Waals surface area contributed by atoms with Gasteiger partial charge < -0.3 is 10.5 Å². The first kappa shape index (κ1) is 15.7. The Morgan fingerprint density at radius 2 is 2.11 bits per heavy atom. The van der Waals surface area contributed by atoms with E-state index in [1.54, 1.807) is 13.8 Å². The predicted octanol–water partition coefficient (Wildman–Crippen LogP) is 1.70. The van der Waals surface area contributed by atoms with E-state index in [4.69, 9.17) is 10.5 Å². The number of benzene rings is 1. The fraction of sp³-hybridized carbons (Fsp3) is 0.500. The average molecular weight is 290 g/mol. The summed E-state index contributed by atoms with van der Waals surface area (Å²) < 4.78 is 44.8. The van der Waals surface area contributed by atoms with Crippen LogP contribution in [-0.4, -0.2) is 26.8 Å². The van der Waals surface area contributed by atoms with E-state index < -0.39 is 21.1 Å². The number of sulfonamides is 1. The first-order chi connectivity index (χ1) is 8.94. The Hall–Kier alpha value is -1.34. The smallest absolute Gasteiger partial charge is 0.236 e. The zero-order chi connectivity index (χ0) is 14.5. The van der Waals surface area contributed by atoms with Crippen LogP contribution < -0.4 is 15.2 Å². The Morgan fingerprint density at radius 1 is 1.42 bits per heavy atom. The largest absolute Gasteiger partial charge is 0.491 e. The zero-order valence-corrected chi connectivity index (χ0v) is 11.8. The summed E-state index contributed by atoms with van der Waals surface area (Å²) in [5, 5.41) is -0.692. The minimum absolute atomic E-state index is 0.0192. The van der Waals surface area contributed by atoms with Crippen molar-refractivity contribution < 1.29 is 17.5 Å². The van der Waals surface area contributed by atoms with Crippen LogP contribution in [0.2, 0.25) is 0 Å². The van der Waals surface area contributed by atoms with E-state index in [1.807, 2.05) is 0 Å². The molecule has 1 aromatic rings. The van der Waals surface area contributed by atoms with Crippen LogP contribution in [-0.2, 0) is 10.0 Å². The van der Waals surface area contributed by atoms with Gasteiger partial charge >= 0.3 is 0 Å². The lowest BCUT2D eigenvalue weighted by atomic mass is 10.3. The van der Waals surface area contributed by atoms with E-state index in [-0.39, 0.29) is 18.0 Å². The number of ether oxygens (including phenoxy) is 1. The summed E-state index contributed by atoms with van der Waals surface area (Å²) in [6.07, 6.45) is 0.394. The lowest BCUT2D eigenvalue weighted by Crippen LogP contribution is -2.33. The molecule has 0 amide bonds. The van der Waals surface area contributed by atoms with Gasteiger partial charge in [0, 0.05) is 12.6 Å². The molecule has 0 fully saturated rings. The Balaban J connectivity index is 2.91. The number of nitrogens with one attached hydrogen (secondary N) is 1. The van der Waals surface area contributed by atoms with E-state index in [2.05, 4.69) is 4.72 Å². The van der Waals surface area contributed by atoms with Crippen LogP contribution in [0.15, 0.2) is 18.2 Å². The maximum absolute atomic E-state index is 13.6.